The van der Waals surface area contributed by atoms with E-state index in [-0.39, 0.29) is 45.0 Å². The third-order valence-electron chi connectivity index (χ3n) is 6.74. The number of alkyl halides is 3. The van der Waals surface area contributed by atoms with Crippen LogP contribution in [0.1, 0.15) is 27.1 Å². The number of nitrogens with one attached hydrogen (secondary N) is 1. The summed E-state index contributed by atoms with van der Waals surface area (Å²) in [6.07, 6.45) is -7.14. The van der Waals surface area contributed by atoms with Crippen LogP contribution in [0.2, 0.25) is 0 Å². The fourth-order valence-electron chi connectivity index (χ4n) is 4.74. The van der Waals surface area contributed by atoms with E-state index in [1.54, 1.807) is 12.1 Å². The molecule has 3 atom stereocenters. The van der Waals surface area contributed by atoms with Gasteiger partial charge in [0.1, 0.15) is 36.2 Å². The molecular weight excluding hydrogens is 704 g/mol. The van der Waals surface area contributed by atoms with Crippen LogP contribution in [0.5, 0.6) is 11.5 Å². The van der Waals surface area contributed by atoms with Gasteiger partial charge in [0.05, 0.1) is 23.3 Å². The normalized spacial score (nSPS) is 18.3. The molecule has 1 aliphatic carbocycles. The van der Waals surface area contributed by atoms with E-state index in [4.69, 9.17) is 19.0 Å². The number of benzene rings is 2. The molecule has 1 aromatic heterocycles. The molecule has 44 heavy (non-hydrogen) atoms. The SMILES string of the molecule is COc1cc(C=O)cc(I)c1O[C@H]1C=C(C(=O)NCCO)C[C@@H](N(CC(F)(F)F)C(=O)c2cc3ccccc3oc2=O)[C@@H]1O. The Balaban J connectivity index is 1.81. The summed E-state index contributed by atoms with van der Waals surface area (Å²) in [6.45, 7) is -2.50. The summed E-state index contributed by atoms with van der Waals surface area (Å²) in [5.41, 5.74) is -1.71. The lowest BCUT2D eigenvalue weighted by molar-refractivity contribution is -0.151. The van der Waals surface area contributed by atoms with Crippen molar-refractivity contribution in [3.8, 4) is 11.5 Å². The molecular formula is C29H26F3IN2O9. The predicted octanol–water partition coefficient (Wildman–Crippen LogP) is 2.84. The van der Waals surface area contributed by atoms with Gasteiger partial charge in [-0.05, 0) is 52.9 Å². The van der Waals surface area contributed by atoms with Crippen LogP contribution in [-0.2, 0) is 4.79 Å². The second-order valence-electron chi connectivity index (χ2n) is 9.70. The molecule has 3 aromatic rings. The molecule has 0 saturated heterocycles. The van der Waals surface area contributed by atoms with E-state index in [0.29, 0.717) is 9.86 Å². The molecule has 0 radical (unpaired) electrons. The Morgan fingerprint density at radius 2 is 1.95 bits per heavy atom. The maximum Gasteiger partial charge on any atom is 0.406 e. The van der Waals surface area contributed by atoms with E-state index in [9.17, 15) is 37.5 Å². The summed E-state index contributed by atoms with van der Waals surface area (Å²) < 4.78 is 58.6. The number of aliphatic hydroxyl groups is 2. The highest BCUT2D eigenvalue weighted by atomic mass is 127. The number of aliphatic hydroxyl groups excluding tert-OH is 2. The molecule has 0 fully saturated rings. The summed E-state index contributed by atoms with van der Waals surface area (Å²) in [7, 11) is 1.29. The summed E-state index contributed by atoms with van der Waals surface area (Å²) in [4.78, 5) is 51.0. The number of nitrogens with zero attached hydrogens (tertiary/aromatic N) is 1. The minimum absolute atomic E-state index is 0.0126. The van der Waals surface area contributed by atoms with Gasteiger partial charge in [-0.2, -0.15) is 13.2 Å². The molecule has 0 unspecified atom stereocenters. The minimum Gasteiger partial charge on any atom is -0.493 e. The van der Waals surface area contributed by atoms with Gasteiger partial charge in [-0.25, -0.2) is 4.79 Å². The van der Waals surface area contributed by atoms with Crippen LogP contribution in [0.25, 0.3) is 11.0 Å². The van der Waals surface area contributed by atoms with E-state index in [0.717, 1.165) is 6.07 Å². The first-order valence-electron chi connectivity index (χ1n) is 13.0. The van der Waals surface area contributed by atoms with Crippen molar-refractivity contribution >= 4 is 51.7 Å². The van der Waals surface area contributed by atoms with Crippen LogP contribution in [0, 0.1) is 3.57 Å². The lowest BCUT2D eigenvalue weighted by atomic mass is 9.87. The van der Waals surface area contributed by atoms with Crippen molar-refractivity contribution in [3.63, 3.8) is 0 Å². The quantitative estimate of drug-likeness (QED) is 0.162. The van der Waals surface area contributed by atoms with Crippen LogP contribution in [-0.4, -0.2) is 84.4 Å². The standard InChI is InChI=1S/C29H26F3IN2O9/c1-42-23-9-15(13-37)8-19(33)25(23)43-22-12-17(26(39)34-6-7-36)11-20(24(22)38)35(14-29(30,31)32)27(40)18-10-16-4-2-3-5-21(16)44-28(18)41/h2-5,8-10,12-13,20,22,24,36,38H,6-7,11,14H2,1H3,(H,34,39)/t20-,22+,24+/m1/s1. The molecule has 0 spiro atoms. The Morgan fingerprint density at radius 1 is 1.23 bits per heavy atom. The molecule has 1 aliphatic rings. The first kappa shape index (κ1) is 32.9. The first-order valence-corrected chi connectivity index (χ1v) is 14.1. The maximum atomic E-state index is 13.9. The summed E-state index contributed by atoms with van der Waals surface area (Å²) in [5, 5.41) is 23.2. The zero-order valence-corrected chi connectivity index (χ0v) is 25.1. The number of rotatable bonds is 10. The average Bonchev–Trinajstić information content (AvgIpc) is 2.99. The Hall–Kier alpha value is -3.96. The fourth-order valence-corrected chi connectivity index (χ4v) is 5.49. The minimum atomic E-state index is -4.98. The maximum absolute atomic E-state index is 13.9. The number of amides is 2. The highest BCUT2D eigenvalue weighted by Gasteiger charge is 2.45. The molecule has 0 aliphatic heterocycles. The van der Waals surface area contributed by atoms with Crippen molar-refractivity contribution in [1.29, 1.82) is 0 Å². The van der Waals surface area contributed by atoms with Gasteiger partial charge in [-0.1, -0.05) is 18.2 Å². The third kappa shape index (κ3) is 7.39. The molecule has 0 bridgehead atoms. The third-order valence-corrected chi connectivity index (χ3v) is 7.54. The highest BCUT2D eigenvalue weighted by molar-refractivity contribution is 14.1. The molecule has 0 saturated carbocycles. The molecule has 2 aromatic carbocycles. The van der Waals surface area contributed by atoms with E-state index in [1.807, 2.05) is 22.6 Å². The number of halogens is 4. The average molecular weight is 730 g/mol. The number of para-hydroxylation sites is 1. The van der Waals surface area contributed by atoms with E-state index in [2.05, 4.69) is 5.32 Å². The van der Waals surface area contributed by atoms with E-state index < -0.39 is 67.0 Å². The molecule has 11 nitrogen and oxygen atoms in total. The van der Waals surface area contributed by atoms with Crippen LogP contribution < -0.4 is 20.4 Å². The van der Waals surface area contributed by atoms with Crippen molar-refractivity contribution in [2.75, 3.05) is 26.8 Å². The predicted molar refractivity (Wildman–Crippen MR) is 158 cm³/mol. The summed E-state index contributed by atoms with van der Waals surface area (Å²) in [6, 6.07) is 8.25. The van der Waals surface area contributed by atoms with Crippen LogP contribution in [0.3, 0.4) is 0 Å². The number of aldehydes is 1. The Bertz CT molecular complexity index is 1660. The van der Waals surface area contributed by atoms with Crippen molar-refractivity contribution < 1.29 is 51.7 Å². The van der Waals surface area contributed by atoms with Crippen molar-refractivity contribution in [2.45, 2.75) is 30.8 Å². The number of carbonyl (C=O) groups excluding carboxylic acids is 3. The second-order valence-corrected chi connectivity index (χ2v) is 10.9. The van der Waals surface area contributed by atoms with Gasteiger partial charge in [0.15, 0.2) is 11.5 Å². The molecule has 3 N–H and O–H groups in total. The number of carbonyl (C=O) groups is 3. The van der Waals surface area contributed by atoms with Crippen molar-refractivity contribution in [1.82, 2.24) is 10.2 Å². The monoisotopic (exact) mass is 730 g/mol. The van der Waals surface area contributed by atoms with E-state index in [1.165, 1.54) is 37.5 Å². The second kappa shape index (κ2) is 13.8. The van der Waals surface area contributed by atoms with Gasteiger partial charge in [0.2, 0.25) is 5.91 Å². The van der Waals surface area contributed by atoms with Crippen LogP contribution in [0.15, 0.2) is 63.3 Å². The number of methoxy groups -OCH3 is 1. The van der Waals surface area contributed by atoms with Gasteiger partial charge in [-0.3, -0.25) is 14.4 Å². The fraction of sp³-hybridized carbons (Fsp3) is 0.310. The number of fused-ring (bicyclic) bond motifs is 1. The zero-order chi connectivity index (χ0) is 32.2. The molecule has 15 heteroatoms. The van der Waals surface area contributed by atoms with Crippen LogP contribution >= 0.6 is 22.6 Å². The van der Waals surface area contributed by atoms with E-state index >= 15 is 0 Å². The van der Waals surface area contributed by atoms with Gasteiger partial charge in [0, 0.05) is 29.5 Å². The Kier molecular flexibility index (Phi) is 10.3. The van der Waals surface area contributed by atoms with Crippen LogP contribution in [0.4, 0.5) is 13.2 Å². The molecule has 234 valence electrons. The summed E-state index contributed by atoms with van der Waals surface area (Å²) in [5.74, 6) is -2.10. The summed E-state index contributed by atoms with van der Waals surface area (Å²) >= 11 is 1.83. The van der Waals surface area contributed by atoms with Gasteiger partial charge >= 0.3 is 11.8 Å². The topological polar surface area (TPSA) is 156 Å². The molecule has 1 heterocycles. The molecule has 2 amide bonds. The van der Waals surface area contributed by atoms with Crippen molar-refractivity contribution in [2.24, 2.45) is 0 Å². The largest absolute Gasteiger partial charge is 0.493 e. The number of ether oxygens (including phenoxy) is 2. The number of hydrogen-bond donors (Lipinski definition) is 3. The number of hydrogen-bond acceptors (Lipinski definition) is 9. The van der Waals surface area contributed by atoms with Gasteiger partial charge in [0.25, 0.3) is 5.91 Å². The van der Waals surface area contributed by atoms with Crippen molar-refractivity contribution in [3.05, 3.63) is 79.2 Å². The lowest BCUT2D eigenvalue weighted by Gasteiger charge is -2.40. The Morgan fingerprint density at radius 3 is 2.61 bits per heavy atom. The highest BCUT2D eigenvalue weighted by Crippen LogP contribution is 2.37. The Labute approximate surface area is 261 Å². The zero-order valence-electron chi connectivity index (χ0n) is 23.0. The first-order chi connectivity index (χ1) is 20.9. The van der Waals surface area contributed by atoms with Gasteiger partial charge in [-0.15, -0.1) is 0 Å². The van der Waals surface area contributed by atoms with Gasteiger partial charge < -0.3 is 34.3 Å². The smallest absolute Gasteiger partial charge is 0.406 e. The molecule has 4 rings (SSSR count). The lowest BCUT2D eigenvalue weighted by Crippen LogP contribution is -2.57.